The van der Waals surface area contributed by atoms with Crippen LogP contribution in [0.5, 0.6) is 0 Å². The third kappa shape index (κ3) is 6.26. The summed E-state index contributed by atoms with van der Waals surface area (Å²) in [5, 5.41) is 13.6. The first-order valence-corrected chi connectivity index (χ1v) is 7.55. The van der Waals surface area contributed by atoms with Crippen LogP contribution < -0.4 is 5.73 Å². The van der Waals surface area contributed by atoms with E-state index < -0.39 is 5.97 Å². The molecular formula is C17H27N3O2. The van der Waals surface area contributed by atoms with Gasteiger partial charge in [-0.2, -0.15) is 5.10 Å². The van der Waals surface area contributed by atoms with Crippen molar-refractivity contribution in [1.29, 1.82) is 0 Å². The molecule has 0 aliphatic heterocycles. The first-order valence-electron chi connectivity index (χ1n) is 7.55. The molecule has 1 aromatic carbocycles. The second kappa shape index (κ2) is 7.94. The molecule has 0 aliphatic rings. The molecule has 3 N–H and O–H groups in total. The molecule has 0 saturated heterocycles. The molecule has 0 saturated carbocycles. The molecule has 5 heteroatoms. The van der Waals surface area contributed by atoms with E-state index in [4.69, 9.17) is 10.8 Å². The van der Waals surface area contributed by atoms with Crippen molar-refractivity contribution in [2.75, 3.05) is 0 Å². The Morgan fingerprint density at radius 1 is 1.36 bits per heavy atom. The fraction of sp³-hybridized carbons (Fsp3) is 0.529. The van der Waals surface area contributed by atoms with Gasteiger partial charge in [0.1, 0.15) is 0 Å². The van der Waals surface area contributed by atoms with E-state index in [1.807, 2.05) is 30.1 Å². The summed E-state index contributed by atoms with van der Waals surface area (Å²) in [5.41, 5.74) is 8.08. The monoisotopic (exact) mass is 305 g/mol. The number of aromatic nitrogens is 2. The lowest BCUT2D eigenvalue weighted by Crippen LogP contribution is -2.05. The normalized spacial score (nSPS) is 11.1. The van der Waals surface area contributed by atoms with Crippen molar-refractivity contribution in [2.45, 2.75) is 46.6 Å². The zero-order valence-electron chi connectivity index (χ0n) is 14.0. The minimum Gasteiger partial charge on any atom is -0.481 e. The van der Waals surface area contributed by atoms with E-state index in [1.54, 1.807) is 0 Å². The van der Waals surface area contributed by atoms with Gasteiger partial charge in [-0.1, -0.05) is 32.9 Å². The van der Waals surface area contributed by atoms with Crippen molar-refractivity contribution in [3.63, 3.8) is 0 Å². The summed E-state index contributed by atoms with van der Waals surface area (Å²) in [5.74, 6) is -0.691. The van der Waals surface area contributed by atoms with Crippen LogP contribution in [0.2, 0.25) is 0 Å². The lowest BCUT2D eigenvalue weighted by molar-refractivity contribution is -0.137. The maximum Gasteiger partial charge on any atom is 0.303 e. The molecule has 2 rings (SSSR count). The van der Waals surface area contributed by atoms with Gasteiger partial charge in [-0.25, -0.2) is 0 Å². The van der Waals surface area contributed by atoms with Crippen molar-refractivity contribution >= 4 is 16.9 Å². The first kappa shape index (κ1) is 18.2. The summed E-state index contributed by atoms with van der Waals surface area (Å²) in [6, 6.07) is 6.15. The van der Waals surface area contributed by atoms with Crippen LogP contribution in [0.3, 0.4) is 0 Å². The van der Waals surface area contributed by atoms with E-state index in [-0.39, 0.29) is 5.41 Å². The zero-order chi connectivity index (χ0) is 16.8. The maximum absolute atomic E-state index is 10.1. The molecule has 2 aromatic rings. The Morgan fingerprint density at radius 3 is 2.59 bits per heavy atom. The first-order chi connectivity index (χ1) is 10.2. The second-order valence-corrected chi connectivity index (χ2v) is 6.67. The highest BCUT2D eigenvalue weighted by atomic mass is 16.4. The number of aryl methyl sites for hydroxylation is 1. The fourth-order valence-electron chi connectivity index (χ4n) is 2.09. The minimum atomic E-state index is -0.691. The Hall–Kier alpha value is -1.88. The standard InChI is InChI=1S/C9H11N3.C8H16O2/c1-12-9-4-7(5-10)2-3-8(9)6-11-12;1-8(2,3)6-4-5-7(9)10/h2-4,6H,5,10H2,1H3;4-6H2,1-3H3,(H,9,10). The largest absolute Gasteiger partial charge is 0.481 e. The van der Waals surface area contributed by atoms with Crippen LogP contribution in [0, 0.1) is 5.41 Å². The summed E-state index contributed by atoms with van der Waals surface area (Å²) >= 11 is 0. The van der Waals surface area contributed by atoms with Gasteiger partial charge in [-0.3, -0.25) is 9.48 Å². The number of carboxylic acid groups (broad SMARTS) is 1. The highest BCUT2D eigenvalue weighted by molar-refractivity contribution is 5.79. The van der Waals surface area contributed by atoms with Crippen LogP contribution in [0.25, 0.3) is 10.9 Å². The molecule has 0 spiro atoms. The Labute approximate surface area is 132 Å². The van der Waals surface area contributed by atoms with Crippen LogP contribution in [-0.2, 0) is 18.4 Å². The highest BCUT2D eigenvalue weighted by Crippen LogP contribution is 2.21. The Morgan fingerprint density at radius 2 is 2.05 bits per heavy atom. The molecule has 0 radical (unpaired) electrons. The average molecular weight is 305 g/mol. The predicted molar refractivity (Wildman–Crippen MR) is 89.5 cm³/mol. The smallest absolute Gasteiger partial charge is 0.303 e. The minimum absolute atomic E-state index is 0.273. The molecule has 0 atom stereocenters. The summed E-state index contributed by atoms with van der Waals surface area (Å²) in [6.07, 6.45) is 3.94. The molecule has 0 unspecified atom stereocenters. The molecule has 122 valence electrons. The summed E-state index contributed by atoms with van der Waals surface area (Å²) in [4.78, 5) is 10.1. The van der Waals surface area contributed by atoms with Gasteiger partial charge < -0.3 is 10.8 Å². The summed E-state index contributed by atoms with van der Waals surface area (Å²) < 4.78 is 1.86. The molecule has 22 heavy (non-hydrogen) atoms. The van der Waals surface area contributed by atoms with Crippen LogP contribution >= 0.6 is 0 Å². The van der Waals surface area contributed by atoms with Gasteiger partial charge in [0.25, 0.3) is 0 Å². The number of nitrogens with zero attached hydrogens (tertiary/aromatic N) is 2. The molecule has 5 nitrogen and oxygen atoms in total. The van der Waals surface area contributed by atoms with Gasteiger partial charge >= 0.3 is 5.97 Å². The fourth-order valence-corrected chi connectivity index (χ4v) is 2.09. The van der Waals surface area contributed by atoms with E-state index in [0.717, 1.165) is 29.3 Å². The number of hydrogen-bond acceptors (Lipinski definition) is 3. The predicted octanol–water partition coefficient (Wildman–Crippen LogP) is 3.32. The number of hydrogen-bond donors (Lipinski definition) is 2. The van der Waals surface area contributed by atoms with Crippen LogP contribution in [-0.4, -0.2) is 20.9 Å². The van der Waals surface area contributed by atoms with Gasteiger partial charge in [0.15, 0.2) is 0 Å². The molecule has 0 aliphatic carbocycles. The molecule has 1 heterocycles. The maximum atomic E-state index is 10.1. The Bertz CT molecular complexity index is 612. The number of aliphatic carboxylic acids is 1. The van der Waals surface area contributed by atoms with Gasteiger partial charge in [-0.15, -0.1) is 0 Å². The number of benzene rings is 1. The van der Waals surface area contributed by atoms with Crippen molar-refractivity contribution in [3.05, 3.63) is 30.0 Å². The third-order valence-electron chi connectivity index (χ3n) is 3.37. The van der Waals surface area contributed by atoms with E-state index in [1.165, 1.54) is 0 Å². The van der Waals surface area contributed by atoms with Crippen LogP contribution in [0.15, 0.2) is 24.4 Å². The number of rotatable bonds is 4. The lowest BCUT2D eigenvalue weighted by Gasteiger charge is -2.16. The number of carboxylic acids is 1. The Kier molecular flexibility index (Phi) is 6.56. The molecule has 0 bridgehead atoms. The number of nitrogens with two attached hydrogens (primary N) is 1. The van der Waals surface area contributed by atoms with Crippen LogP contribution in [0.4, 0.5) is 0 Å². The van der Waals surface area contributed by atoms with Crippen molar-refractivity contribution < 1.29 is 9.90 Å². The van der Waals surface area contributed by atoms with E-state index in [0.29, 0.717) is 13.0 Å². The van der Waals surface area contributed by atoms with Crippen molar-refractivity contribution in [1.82, 2.24) is 9.78 Å². The summed E-state index contributed by atoms with van der Waals surface area (Å²) in [6.45, 7) is 6.94. The quantitative estimate of drug-likeness (QED) is 0.908. The van der Waals surface area contributed by atoms with Crippen molar-refractivity contribution in [2.24, 2.45) is 18.2 Å². The van der Waals surface area contributed by atoms with Gasteiger partial charge in [0, 0.05) is 25.4 Å². The molecule has 0 amide bonds. The van der Waals surface area contributed by atoms with Gasteiger partial charge in [0.05, 0.1) is 11.7 Å². The zero-order valence-corrected chi connectivity index (χ0v) is 14.0. The molecular weight excluding hydrogens is 278 g/mol. The second-order valence-electron chi connectivity index (χ2n) is 6.67. The Balaban J connectivity index is 0.000000225. The summed E-state index contributed by atoms with van der Waals surface area (Å²) in [7, 11) is 1.93. The van der Waals surface area contributed by atoms with E-state index in [9.17, 15) is 4.79 Å². The van der Waals surface area contributed by atoms with E-state index in [2.05, 4.69) is 31.9 Å². The van der Waals surface area contributed by atoms with Gasteiger partial charge in [0.2, 0.25) is 0 Å². The number of fused-ring (bicyclic) bond motifs is 1. The SMILES string of the molecule is CC(C)(C)CCCC(=O)O.Cn1ncc2ccc(CN)cc21. The van der Waals surface area contributed by atoms with Gasteiger partial charge in [-0.05, 0) is 29.9 Å². The van der Waals surface area contributed by atoms with Crippen molar-refractivity contribution in [3.8, 4) is 0 Å². The molecule has 1 aromatic heterocycles. The van der Waals surface area contributed by atoms with Crippen LogP contribution in [0.1, 0.15) is 45.6 Å². The number of carbonyl (C=O) groups is 1. The van der Waals surface area contributed by atoms with E-state index >= 15 is 0 Å². The topological polar surface area (TPSA) is 81.1 Å². The molecule has 0 fully saturated rings. The average Bonchev–Trinajstić information content (AvgIpc) is 2.79. The lowest BCUT2D eigenvalue weighted by atomic mass is 9.90. The highest BCUT2D eigenvalue weighted by Gasteiger charge is 2.09. The third-order valence-corrected chi connectivity index (χ3v) is 3.37.